The fraction of sp³-hybridized carbons (Fsp3) is 0.579. The van der Waals surface area contributed by atoms with Crippen LogP contribution < -0.4 is 4.74 Å². The van der Waals surface area contributed by atoms with E-state index in [9.17, 15) is 9.59 Å². The average molecular weight is 333 g/mol. The molecule has 0 spiro atoms. The van der Waals surface area contributed by atoms with Crippen LogP contribution in [0.2, 0.25) is 0 Å². The van der Waals surface area contributed by atoms with Crippen LogP contribution >= 0.6 is 0 Å². The van der Waals surface area contributed by atoms with Crippen molar-refractivity contribution < 1.29 is 19.4 Å². The molecule has 24 heavy (non-hydrogen) atoms. The second kappa shape index (κ2) is 7.24. The van der Waals surface area contributed by atoms with Crippen molar-refractivity contribution in [2.45, 2.75) is 59.5 Å². The monoisotopic (exact) mass is 333 g/mol. The molecule has 1 unspecified atom stereocenters. The topological polar surface area (TPSA) is 66.8 Å². The fourth-order valence-corrected chi connectivity index (χ4v) is 2.94. The van der Waals surface area contributed by atoms with Crippen LogP contribution in [0, 0.1) is 19.8 Å². The first kappa shape index (κ1) is 18.3. The number of carbonyl (C=O) groups excluding carboxylic acids is 1. The Labute approximate surface area is 143 Å². The van der Waals surface area contributed by atoms with Gasteiger partial charge in [-0.05, 0) is 62.8 Å². The highest BCUT2D eigenvalue weighted by Gasteiger charge is 2.37. The molecule has 0 bridgehead atoms. The molecule has 1 fully saturated rings. The van der Waals surface area contributed by atoms with Gasteiger partial charge in [-0.25, -0.2) is 4.79 Å². The minimum Gasteiger partial charge on any atom is -0.481 e. The molecule has 5 heteroatoms. The highest BCUT2D eigenvalue weighted by Crippen LogP contribution is 2.33. The summed E-state index contributed by atoms with van der Waals surface area (Å²) in [6.45, 7) is 9.67. The van der Waals surface area contributed by atoms with E-state index in [1.807, 2.05) is 18.7 Å². The quantitative estimate of drug-likeness (QED) is 0.830. The first-order valence-electron chi connectivity index (χ1n) is 8.50. The third kappa shape index (κ3) is 4.08. The molecule has 1 aromatic rings. The molecule has 1 aliphatic rings. The van der Waals surface area contributed by atoms with Crippen molar-refractivity contribution in [1.82, 2.24) is 4.90 Å². The van der Waals surface area contributed by atoms with Crippen LogP contribution in [0.5, 0.6) is 5.75 Å². The Morgan fingerprint density at radius 3 is 2.17 bits per heavy atom. The number of nitrogens with zero attached hydrogens (tertiary/aromatic N) is 1. The van der Waals surface area contributed by atoms with Gasteiger partial charge in [-0.2, -0.15) is 0 Å². The standard InChI is InChI=1S/C19H27NO4/c1-11(2)14(5)20(16-6-7-16)19(23)15-8-12(3)18(13(4)9-15)24-10-17(21)22/h8-9,11,14,16H,6-7,10H2,1-5H3,(H,21,22). The van der Waals surface area contributed by atoms with Crippen molar-refractivity contribution in [2.24, 2.45) is 5.92 Å². The first-order chi connectivity index (χ1) is 11.2. The van der Waals surface area contributed by atoms with Crippen LogP contribution in [-0.4, -0.2) is 40.6 Å². The molecule has 1 aromatic carbocycles. The van der Waals surface area contributed by atoms with E-state index in [0.717, 1.165) is 24.0 Å². The van der Waals surface area contributed by atoms with Gasteiger partial charge in [0.05, 0.1) is 0 Å². The summed E-state index contributed by atoms with van der Waals surface area (Å²) in [6, 6.07) is 4.14. The Kier molecular flexibility index (Phi) is 5.52. The lowest BCUT2D eigenvalue weighted by Gasteiger charge is -2.32. The summed E-state index contributed by atoms with van der Waals surface area (Å²) in [5.74, 6) is -0.0203. The predicted octanol–water partition coefficient (Wildman–Crippen LogP) is 3.42. The zero-order valence-corrected chi connectivity index (χ0v) is 15.1. The summed E-state index contributed by atoms with van der Waals surface area (Å²) in [6.07, 6.45) is 2.14. The van der Waals surface area contributed by atoms with Gasteiger partial charge in [0, 0.05) is 17.6 Å². The molecule has 0 saturated heterocycles. The fourth-order valence-electron chi connectivity index (χ4n) is 2.94. The van der Waals surface area contributed by atoms with E-state index in [1.54, 1.807) is 12.1 Å². The van der Waals surface area contributed by atoms with Gasteiger partial charge in [0.2, 0.25) is 0 Å². The maximum atomic E-state index is 13.0. The molecule has 1 N–H and O–H groups in total. The number of hydrogen-bond acceptors (Lipinski definition) is 3. The number of carbonyl (C=O) groups is 2. The number of hydrogen-bond donors (Lipinski definition) is 1. The molecule has 0 radical (unpaired) electrons. The number of carboxylic acids is 1. The van der Waals surface area contributed by atoms with E-state index in [2.05, 4.69) is 20.8 Å². The summed E-state index contributed by atoms with van der Waals surface area (Å²) in [7, 11) is 0. The van der Waals surface area contributed by atoms with Crippen molar-refractivity contribution in [3.05, 3.63) is 28.8 Å². The predicted molar refractivity (Wildman–Crippen MR) is 92.5 cm³/mol. The molecular formula is C19H27NO4. The minimum atomic E-state index is -1.01. The van der Waals surface area contributed by atoms with Crippen LogP contribution in [0.4, 0.5) is 0 Å². The van der Waals surface area contributed by atoms with E-state index < -0.39 is 5.97 Å². The van der Waals surface area contributed by atoms with E-state index in [1.165, 1.54) is 0 Å². The third-order valence-electron chi connectivity index (χ3n) is 4.63. The van der Waals surface area contributed by atoms with Gasteiger partial charge in [0.15, 0.2) is 6.61 Å². The zero-order valence-electron chi connectivity index (χ0n) is 15.1. The lowest BCUT2D eigenvalue weighted by molar-refractivity contribution is -0.139. The van der Waals surface area contributed by atoms with Gasteiger partial charge < -0.3 is 14.7 Å². The molecule has 5 nitrogen and oxygen atoms in total. The Morgan fingerprint density at radius 2 is 1.75 bits per heavy atom. The molecule has 1 atom stereocenters. The Hall–Kier alpha value is -2.04. The van der Waals surface area contributed by atoms with Crippen LogP contribution in [0.3, 0.4) is 0 Å². The van der Waals surface area contributed by atoms with Gasteiger partial charge in [-0.3, -0.25) is 4.79 Å². The lowest BCUT2D eigenvalue weighted by atomic mass is 10.0. The lowest BCUT2D eigenvalue weighted by Crippen LogP contribution is -2.43. The largest absolute Gasteiger partial charge is 0.481 e. The summed E-state index contributed by atoms with van der Waals surface area (Å²) in [4.78, 5) is 25.8. The van der Waals surface area contributed by atoms with Crippen molar-refractivity contribution in [1.29, 1.82) is 0 Å². The summed E-state index contributed by atoms with van der Waals surface area (Å²) in [5, 5.41) is 8.77. The van der Waals surface area contributed by atoms with Crippen LogP contribution in [-0.2, 0) is 4.79 Å². The number of rotatable bonds is 7. The maximum absolute atomic E-state index is 13.0. The smallest absolute Gasteiger partial charge is 0.341 e. The van der Waals surface area contributed by atoms with Crippen molar-refractivity contribution >= 4 is 11.9 Å². The number of carboxylic acid groups (broad SMARTS) is 1. The summed E-state index contributed by atoms with van der Waals surface area (Å²) in [5.41, 5.74) is 2.21. The van der Waals surface area contributed by atoms with E-state index in [-0.39, 0.29) is 18.6 Å². The van der Waals surface area contributed by atoms with Crippen molar-refractivity contribution in [3.8, 4) is 5.75 Å². The molecular weight excluding hydrogens is 306 g/mol. The second-order valence-corrected chi connectivity index (χ2v) is 7.05. The Morgan fingerprint density at radius 1 is 1.21 bits per heavy atom. The minimum absolute atomic E-state index is 0.0506. The van der Waals surface area contributed by atoms with Gasteiger partial charge in [0.25, 0.3) is 5.91 Å². The van der Waals surface area contributed by atoms with E-state index in [0.29, 0.717) is 23.3 Å². The van der Waals surface area contributed by atoms with E-state index in [4.69, 9.17) is 9.84 Å². The van der Waals surface area contributed by atoms with Crippen LogP contribution in [0.15, 0.2) is 12.1 Å². The zero-order chi connectivity index (χ0) is 18.0. The second-order valence-electron chi connectivity index (χ2n) is 7.05. The third-order valence-corrected chi connectivity index (χ3v) is 4.63. The molecule has 1 saturated carbocycles. The number of ether oxygens (including phenoxy) is 1. The van der Waals surface area contributed by atoms with Gasteiger partial charge in [-0.1, -0.05) is 13.8 Å². The molecule has 0 heterocycles. The van der Waals surface area contributed by atoms with Gasteiger partial charge >= 0.3 is 5.97 Å². The highest BCUT2D eigenvalue weighted by molar-refractivity contribution is 5.95. The SMILES string of the molecule is Cc1cc(C(=O)N(C2CC2)C(C)C(C)C)cc(C)c1OCC(=O)O. The average Bonchev–Trinajstić information content (AvgIpc) is 3.30. The molecule has 1 amide bonds. The summed E-state index contributed by atoms with van der Waals surface area (Å²) < 4.78 is 5.35. The number of amides is 1. The molecule has 0 aromatic heterocycles. The number of aryl methyl sites for hydroxylation is 2. The van der Waals surface area contributed by atoms with Gasteiger partial charge in [-0.15, -0.1) is 0 Å². The van der Waals surface area contributed by atoms with Crippen LogP contribution in [0.25, 0.3) is 0 Å². The van der Waals surface area contributed by atoms with Crippen molar-refractivity contribution in [2.75, 3.05) is 6.61 Å². The molecule has 1 aliphatic carbocycles. The van der Waals surface area contributed by atoms with Gasteiger partial charge in [0.1, 0.15) is 5.75 Å². The highest BCUT2D eigenvalue weighted by atomic mass is 16.5. The molecule has 2 rings (SSSR count). The number of benzene rings is 1. The summed E-state index contributed by atoms with van der Waals surface area (Å²) >= 11 is 0. The van der Waals surface area contributed by atoms with Crippen LogP contribution in [0.1, 0.15) is 55.1 Å². The Balaban J connectivity index is 2.27. The van der Waals surface area contributed by atoms with Crippen molar-refractivity contribution in [3.63, 3.8) is 0 Å². The number of aliphatic carboxylic acids is 1. The normalized spacial score (nSPS) is 15.2. The first-order valence-corrected chi connectivity index (χ1v) is 8.50. The Bertz CT molecular complexity index is 611. The molecule has 0 aliphatic heterocycles. The van der Waals surface area contributed by atoms with E-state index >= 15 is 0 Å². The maximum Gasteiger partial charge on any atom is 0.341 e. The molecule has 132 valence electrons.